The average Bonchev–Trinajstić information content (AvgIpc) is 2.83. The van der Waals surface area contributed by atoms with Crippen LogP contribution in [0.3, 0.4) is 0 Å². The predicted molar refractivity (Wildman–Crippen MR) is 77.1 cm³/mol. The van der Waals surface area contributed by atoms with Crippen molar-refractivity contribution in [1.82, 2.24) is 10.2 Å². The second kappa shape index (κ2) is 5.31. The van der Waals surface area contributed by atoms with E-state index < -0.39 is 0 Å². The molecule has 0 aliphatic carbocycles. The van der Waals surface area contributed by atoms with Gasteiger partial charge in [0.05, 0.1) is 0 Å². The Bertz CT molecular complexity index is 371. The standard InChI is InChI=1S/C13H20N2S2/c1-10-12-3-6-17-13(12)2-5-15(10)8-11-9-16-7-4-14-11/h3,6,10-11,14H,2,4-5,7-9H2,1H3. The van der Waals surface area contributed by atoms with Gasteiger partial charge in [-0.25, -0.2) is 0 Å². The van der Waals surface area contributed by atoms with Crippen molar-refractivity contribution in [3.63, 3.8) is 0 Å². The fourth-order valence-corrected chi connectivity index (χ4v) is 4.73. The average molecular weight is 268 g/mol. The summed E-state index contributed by atoms with van der Waals surface area (Å²) in [6.45, 7) is 5.99. The Balaban J connectivity index is 1.65. The first-order valence-corrected chi connectivity index (χ1v) is 8.49. The van der Waals surface area contributed by atoms with Gasteiger partial charge in [0.2, 0.25) is 0 Å². The summed E-state index contributed by atoms with van der Waals surface area (Å²) in [6.07, 6.45) is 1.25. The minimum absolute atomic E-state index is 0.610. The summed E-state index contributed by atoms with van der Waals surface area (Å²) in [4.78, 5) is 4.26. The molecular weight excluding hydrogens is 248 g/mol. The van der Waals surface area contributed by atoms with Crippen molar-refractivity contribution in [2.24, 2.45) is 0 Å². The van der Waals surface area contributed by atoms with Gasteiger partial charge >= 0.3 is 0 Å². The van der Waals surface area contributed by atoms with E-state index in [4.69, 9.17) is 0 Å². The van der Waals surface area contributed by atoms with Gasteiger partial charge < -0.3 is 5.32 Å². The fraction of sp³-hybridized carbons (Fsp3) is 0.692. The van der Waals surface area contributed by atoms with E-state index in [1.54, 1.807) is 10.4 Å². The first-order chi connectivity index (χ1) is 8.34. The molecule has 0 spiro atoms. The summed E-state index contributed by atoms with van der Waals surface area (Å²) in [5, 5.41) is 5.89. The first kappa shape index (κ1) is 12.0. The number of nitrogens with zero attached hydrogens (tertiary/aromatic N) is 1. The zero-order chi connectivity index (χ0) is 11.7. The smallest absolute Gasteiger partial charge is 0.0331 e. The molecular formula is C13H20N2S2. The Morgan fingerprint density at radius 1 is 1.53 bits per heavy atom. The normalized spacial score (nSPS) is 30.2. The number of fused-ring (bicyclic) bond motifs is 1. The maximum atomic E-state index is 3.64. The van der Waals surface area contributed by atoms with Gasteiger partial charge in [-0.05, 0) is 30.4 Å². The van der Waals surface area contributed by atoms with Crippen LogP contribution in [0.1, 0.15) is 23.4 Å². The highest BCUT2D eigenvalue weighted by atomic mass is 32.2. The third-order valence-electron chi connectivity index (χ3n) is 3.86. The lowest BCUT2D eigenvalue weighted by Gasteiger charge is -2.37. The van der Waals surface area contributed by atoms with E-state index in [1.165, 1.54) is 37.6 Å². The fourth-order valence-electron chi connectivity index (χ4n) is 2.83. The molecule has 1 saturated heterocycles. The minimum Gasteiger partial charge on any atom is -0.311 e. The molecule has 0 amide bonds. The Labute approximate surface area is 112 Å². The molecule has 3 rings (SSSR count). The Morgan fingerprint density at radius 3 is 3.29 bits per heavy atom. The van der Waals surface area contributed by atoms with Gasteiger partial charge in [-0.15, -0.1) is 11.3 Å². The van der Waals surface area contributed by atoms with Crippen molar-refractivity contribution in [1.29, 1.82) is 0 Å². The van der Waals surface area contributed by atoms with E-state index >= 15 is 0 Å². The van der Waals surface area contributed by atoms with Crippen molar-refractivity contribution in [2.45, 2.75) is 25.4 Å². The molecule has 3 heterocycles. The molecule has 0 saturated carbocycles. The number of thiophene rings is 1. The van der Waals surface area contributed by atoms with Gasteiger partial charge in [0.15, 0.2) is 0 Å². The number of nitrogens with one attached hydrogen (secondary N) is 1. The summed E-state index contributed by atoms with van der Waals surface area (Å²) in [6, 6.07) is 3.62. The molecule has 0 aromatic carbocycles. The summed E-state index contributed by atoms with van der Waals surface area (Å²) in [7, 11) is 0. The Kier molecular flexibility index (Phi) is 3.75. The molecule has 1 aromatic heterocycles. The van der Waals surface area contributed by atoms with Crippen molar-refractivity contribution in [2.75, 3.05) is 31.1 Å². The molecule has 1 aromatic rings. The first-order valence-electron chi connectivity index (χ1n) is 6.46. The SMILES string of the molecule is CC1c2ccsc2CCN1CC1CSCCN1. The van der Waals surface area contributed by atoms with E-state index in [1.807, 2.05) is 11.3 Å². The molecule has 1 fully saturated rings. The third kappa shape index (κ3) is 2.55. The highest BCUT2D eigenvalue weighted by molar-refractivity contribution is 7.99. The van der Waals surface area contributed by atoms with Crippen LogP contribution in [0, 0.1) is 0 Å². The summed E-state index contributed by atoms with van der Waals surface area (Å²) >= 11 is 4.02. The third-order valence-corrected chi connectivity index (χ3v) is 5.98. The maximum Gasteiger partial charge on any atom is 0.0331 e. The largest absolute Gasteiger partial charge is 0.311 e. The van der Waals surface area contributed by atoms with Gasteiger partial charge in [0, 0.05) is 48.1 Å². The number of rotatable bonds is 2. The highest BCUT2D eigenvalue weighted by Crippen LogP contribution is 2.32. The van der Waals surface area contributed by atoms with Crippen LogP contribution in [0.15, 0.2) is 11.4 Å². The number of thioether (sulfide) groups is 1. The molecule has 2 nitrogen and oxygen atoms in total. The molecule has 17 heavy (non-hydrogen) atoms. The van der Waals surface area contributed by atoms with Crippen LogP contribution < -0.4 is 5.32 Å². The zero-order valence-corrected chi connectivity index (χ0v) is 11.9. The quantitative estimate of drug-likeness (QED) is 0.886. The number of hydrogen-bond acceptors (Lipinski definition) is 4. The molecule has 94 valence electrons. The van der Waals surface area contributed by atoms with Crippen molar-refractivity contribution < 1.29 is 0 Å². The second-order valence-corrected chi connectivity index (χ2v) is 7.10. The van der Waals surface area contributed by atoms with Crippen molar-refractivity contribution in [3.8, 4) is 0 Å². The predicted octanol–water partition coefficient (Wildman–Crippen LogP) is 2.37. The second-order valence-electron chi connectivity index (χ2n) is 4.95. The molecule has 4 heteroatoms. The van der Waals surface area contributed by atoms with Gasteiger partial charge in [0.1, 0.15) is 0 Å². The molecule has 2 unspecified atom stereocenters. The molecule has 2 aliphatic heterocycles. The van der Waals surface area contributed by atoms with Crippen LogP contribution in [0.4, 0.5) is 0 Å². The van der Waals surface area contributed by atoms with Crippen LogP contribution in [0.25, 0.3) is 0 Å². The van der Waals surface area contributed by atoms with Crippen LogP contribution >= 0.6 is 23.1 Å². The summed E-state index contributed by atoms with van der Waals surface area (Å²) in [5.74, 6) is 2.56. The van der Waals surface area contributed by atoms with Gasteiger partial charge in [-0.2, -0.15) is 11.8 Å². The van der Waals surface area contributed by atoms with Crippen LogP contribution in [0.2, 0.25) is 0 Å². The Morgan fingerprint density at radius 2 is 2.47 bits per heavy atom. The van der Waals surface area contributed by atoms with Gasteiger partial charge in [-0.3, -0.25) is 4.90 Å². The minimum atomic E-state index is 0.610. The summed E-state index contributed by atoms with van der Waals surface area (Å²) in [5.41, 5.74) is 1.57. The van der Waals surface area contributed by atoms with E-state index in [9.17, 15) is 0 Å². The topological polar surface area (TPSA) is 15.3 Å². The van der Waals surface area contributed by atoms with E-state index in [-0.39, 0.29) is 0 Å². The monoisotopic (exact) mass is 268 g/mol. The van der Waals surface area contributed by atoms with Crippen LogP contribution in [0.5, 0.6) is 0 Å². The Hall–Kier alpha value is -0.0300. The van der Waals surface area contributed by atoms with E-state index in [2.05, 4.69) is 40.3 Å². The molecule has 1 N–H and O–H groups in total. The van der Waals surface area contributed by atoms with Gasteiger partial charge in [0.25, 0.3) is 0 Å². The van der Waals surface area contributed by atoms with Crippen LogP contribution in [-0.4, -0.2) is 42.1 Å². The van der Waals surface area contributed by atoms with Gasteiger partial charge in [-0.1, -0.05) is 0 Å². The molecule has 2 aliphatic rings. The molecule has 0 radical (unpaired) electrons. The number of hydrogen-bond donors (Lipinski definition) is 1. The zero-order valence-electron chi connectivity index (χ0n) is 10.3. The lowest BCUT2D eigenvalue weighted by atomic mass is 10.0. The molecule has 2 atom stereocenters. The van der Waals surface area contributed by atoms with Crippen molar-refractivity contribution >= 4 is 23.1 Å². The van der Waals surface area contributed by atoms with E-state index in [0.29, 0.717) is 12.1 Å². The van der Waals surface area contributed by atoms with Crippen molar-refractivity contribution in [3.05, 3.63) is 21.9 Å². The highest BCUT2D eigenvalue weighted by Gasteiger charge is 2.27. The maximum absolute atomic E-state index is 3.64. The lowest BCUT2D eigenvalue weighted by molar-refractivity contribution is 0.183. The summed E-state index contributed by atoms with van der Waals surface area (Å²) < 4.78 is 0. The van der Waals surface area contributed by atoms with Crippen LogP contribution in [-0.2, 0) is 6.42 Å². The van der Waals surface area contributed by atoms with E-state index in [0.717, 1.165) is 0 Å². The molecule has 0 bridgehead atoms. The lowest BCUT2D eigenvalue weighted by Crippen LogP contribution is -2.48.